The third kappa shape index (κ3) is 2.97. The zero-order valence-corrected chi connectivity index (χ0v) is 10.9. The van der Waals surface area contributed by atoms with Crippen LogP contribution in [0.25, 0.3) is 0 Å². The molecule has 0 aliphatic carbocycles. The lowest BCUT2D eigenvalue weighted by Gasteiger charge is -2.23. The molecule has 1 aliphatic heterocycles. The third-order valence-electron chi connectivity index (χ3n) is 2.99. The van der Waals surface area contributed by atoms with Gasteiger partial charge in [0.25, 0.3) is 0 Å². The number of hydrogen-bond acceptors (Lipinski definition) is 5. The van der Waals surface area contributed by atoms with E-state index in [1.807, 2.05) is 0 Å². The average Bonchev–Trinajstić information content (AvgIpc) is 2.89. The lowest BCUT2D eigenvalue weighted by atomic mass is 9.99. The molecule has 1 fully saturated rings. The highest BCUT2D eigenvalue weighted by atomic mass is 16.5. The molecule has 8 nitrogen and oxygen atoms in total. The second-order valence-electron chi connectivity index (χ2n) is 4.36. The SMILES string of the molecule is COc1ccc(NC(=O)NC2(C(=O)O)CCOC2)cn1. The van der Waals surface area contributed by atoms with Crippen molar-refractivity contribution in [2.45, 2.75) is 12.0 Å². The van der Waals surface area contributed by atoms with Gasteiger partial charge in [-0.3, -0.25) is 0 Å². The summed E-state index contributed by atoms with van der Waals surface area (Å²) in [7, 11) is 1.48. The summed E-state index contributed by atoms with van der Waals surface area (Å²) in [5, 5.41) is 14.1. The van der Waals surface area contributed by atoms with E-state index in [-0.39, 0.29) is 13.0 Å². The Kier molecular flexibility index (Phi) is 4.04. The number of hydrogen-bond donors (Lipinski definition) is 3. The first-order chi connectivity index (χ1) is 9.55. The maximum Gasteiger partial charge on any atom is 0.332 e. The molecule has 2 amide bonds. The Labute approximate surface area is 115 Å². The zero-order chi connectivity index (χ0) is 14.6. The summed E-state index contributed by atoms with van der Waals surface area (Å²) in [5.74, 6) is -0.694. The second-order valence-corrected chi connectivity index (χ2v) is 4.36. The molecule has 2 rings (SSSR count). The highest BCUT2D eigenvalue weighted by Crippen LogP contribution is 2.19. The molecule has 20 heavy (non-hydrogen) atoms. The topological polar surface area (TPSA) is 110 Å². The molecule has 1 aliphatic rings. The van der Waals surface area contributed by atoms with Crippen molar-refractivity contribution in [2.75, 3.05) is 25.6 Å². The molecular formula is C12H15N3O5. The summed E-state index contributed by atoms with van der Waals surface area (Å²) in [5.41, 5.74) is -0.938. The van der Waals surface area contributed by atoms with Gasteiger partial charge in [0, 0.05) is 19.1 Å². The fourth-order valence-corrected chi connectivity index (χ4v) is 1.84. The predicted molar refractivity (Wildman–Crippen MR) is 68.7 cm³/mol. The van der Waals surface area contributed by atoms with Gasteiger partial charge in [0.1, 0.15) is 0 Å². The molecule has 8 heteroatoms. The van der Waals surface area contributed by atoms with Gasteiger partial charge in [-0.15, -0.1) is 0 Å². The number of ether oxygens (including phenoxy) is 2. The molecule has 108 valence electrons. The van der Waals surface area contributed by atoms with Crippen LogP contribution in [0.3, 0.4) is 0 Å². The van der Waals surface area contributed by atoms with Crippen LogP contribution in [0.2, 0.25) is 0 Å². The molecule has 1 aromatic heterocycles. The molecular weight excluding hydrogens is 266 g/mol. The standard InChI is InChI=1S/C12H15N3O5/c1-19-9-3-2-8(6-13-9)14-11(18)15-12(10(16)17)4-5-20-7-12/h2-3,6H,4-5,7H2,1H3,(H,16,17)(H2,14,15,18). The Balaban J connectivity index is 1.99. The third-order valence-corrected chi connectivity index (χ3v) is 2.99. The van der Waals surface area contributed by atoms with Crippen molar-refractivity contribution in [2.24, 2.45) is 0 Å². The van der Waals surface area contributed by atoms with Crippen molar-refractivity contribution in [1.29, 1.82) is 0 Å². The molecule has 1 unspecified atom stereocenters. The van der Waals surface area contributed by atoms with Gasteiger partial charge in [0.2, 0.25) is 5.88 Å². The van der Waals surface area contributed by atoms with Crippen molar-refractivity contribution in [3.63, 3.8) is 0 Å². The molecule has 0 aromatic carbocycles. The van der Waals surface area contributed by atoms with E-state index in [1.165, 1.54) is 13.3 Å². The highest BCUT2D eigenvalue weighted by molar-refractivity contribution is 5.94. The van der Waals surface area contributed by atoms with E-state index in [0.29, 0.717) is 18.2 Å². The lowest BCUT2D eigenvalue weighted by Crippen LogP contribution is -2.56. The molecule has 0 saturated carbocycles. The van der Waals surface area contributed by atoms with Crippen LogP contribution >= 0.6 is 0 Å². The van der Waals surface area contributed by atoms with E-state index in [9.17, 15) is 14.7 Å². The number of carboxylic acid groups (broad SMARTS) is 1. The predicted octanol–water partition coefficient (Wildman–Crippen LogP) is 0.455. The summed E-state index contributed by atoms with van der Waals surface area (Å²) >= 11 is 0. The maximum atomic E-state index is 11.8. The minimum absolute atomic E-state index is 0.0450. The van der Waals surface area contributed by atoms with Crippen LogP contribution in [0.1, 0.15) is 6.42 Å². The monoisotopic (exact) mass is 281 g/mol. The summed E-state index contributed by atoms with van der Waals surface area (Å²) in [4.78, 5) is 27.0. The Morgan fingerprint density at radius 1 is 1.50 bits per heavy atom. The molecule has 3 N–H and O–H groups in total. The van der Waals surface area contributed by atoms with Crippen molar-refractivity contribution in [3.05, 3.63) is 18.3 Å². The highest BCUT2D eigenvalue weighted by Gasteiger charge is 2.44. The van der Waals surface area contributed by atoms with Gasteiger partial charge in [-0.05, 0) is 6.07 Å². The first-order valence-electron chi connectivity index (χ1n) is 5.96. The molecule has 0 radical (unpaired) electrons. The van der Waals surface area contributed by atoms with E-state index in [0.717, 1.165) is 0 Å². The van der Waals surface area contributed by atoms with Gasteiger partial charge in [-0.1, -0.05) is 0 Å². The number of rotatable bonds is 4. The number of aliphatic carboxylic acids is 1. The number of nitrogens with zero attached hydrogens (tertiary/aromatic N) is 1. The van der Waals surface area contributed by atoms with Crippen molar-refractivity contribution >= 4 is 17.7 Å². The minimum Gasteiger partial charge on any atom is -0.481 e. The van der Waals surface area contributed by atoms with E-state index in [1.54, 1.807) is 12.1 Å². The summed E-state index contributed by atoms with van der Waals surface area (Å²) in [6.07, 6.45) is 1.65. The molecule has 2 heterocycles. The normalized spacial score (nSPS) is 21.2. The quantitative estimate of drug-likeness (QED) is 0.739. The fourth-order valence-electron chi connectivity index (χ4n) is 1.84. The Bertz CT molecular complexity index is 496. The van der Waals surface area contributed by atoms with E-state index < -0.39 is 17.5 Å². The Morgan fingerprint density at radius 2 is 2.30 bits per heavy atom. The lowest BCUT2D eigenvalue weighted by molar-refractivity contribution is -0.144. The number of aromatic nitrogens is 1. The number of anilines is 1. The number of carbonyl (C=O) groups excluding carboxylic acids is 1. The first kappa shape index (κ1) is 14.1. The number of urea groups is 1. The zero-order valence-electron chi connectivity index (χ0n) is 10.9. The van der Waals surface area contributed by atoms with Crippen molar-refractivity contribution in [3.8, 4) is 5.88 Å². The van der Waals surface area contributed by atoms with Crippen LogP contribution in [0, 0.1) is 0 Å². The van der Waals surface area contributed by atoms with Crippen LogP contribution in [0.15, 0.2) is 18.3 Å². The number of nitrogens with one attached hydrogen (secondary N) is 2. The summed E-state index contributed by atoms with van der Waals surface area (Å²) < 4.78 is 9.95. The van der Waals surface area contributed by atoms with Gasteiger partial charge >= 0.3 is 12.0 Å². The van der Waals surface area contributed by atoms with Crippen molar-refractivity contribution in [1.82, 2.24) is 10.3 Å². The minimum atomic E-state index is -1.37. The van der Waals surface area contributed by atoms with Gasteiger partial charge in [-0.2, -0.15) is 0 Å². The number of amides is 2. The number of methoxy groups -OCH3 is 1. The number of pyridine rings is 1. The molecule has 0 bridgehead atoms. The van der Waals surface area contributed by atoms with Gasteiger partial charge in [-0.25, -0.2) is 14.6 Å². The molecule has 0 spiro atoms. The maximum absolute atomic E-state index is 11.8. The fraction of sp³-hybridized carbons (Fsp3) is 0.417. The van der Waals surface area contributed by atoms with Crippen molar-refractivity contribution < 1.29 is 24.2 Å². The van der Waals surface area contributed by atoms with E-state index >= 15 is 0 Å². The molecule has 1 aromatic rings. The average molecular weight is 281 g/mol. The van der Waals surface area contributed by atoms with Crippen LogP contribution in [-0.2, 0) is 9.53 Å². The van der Waals surface area contributed by atoms with E-state index in [2.05, 4.69) is 15.6 Å². The van der Waals surface area contributed by atoms with Crippen LogP contribution in [-0.4, -0.2) is 48.0 Å². The van der Waals surface area contributed by atoms with Gasteiger partial charge < -0.3 is 25.2 Å². The first-order valence-corrected chi connectivity index (χ1v) is 5.96. The smallest absolute Gasteiger partial charge is 0.332 e. The summed E-state index contributed by atoms with van der Waals surface area (Å²) in [6, 6.07) is 2.57. The number of carboxylic acids is 1. The van der Waals surface area contributed by atoms with Crippen LogP contribution in [0.4, 0.5) is 10.5 Å². The van der Waals surface area contributed by atoms with Crippen LogP contribution < -0.4 is 15.4 Å². The van der Waals surface area contributed by atoms with Gasteiger partial charge in [0.15, 0.2) is 5.54 Å². The van der Waals surface area contributed by atoms with Crippen LogP contribution in [0.5, 0.6) is 5.88 Å². The Hall–Kier alpha value is -2.35. The van der Waals surface area contributed by atoms with E-state index in [4.69, 9.17) is 9.47 Å². The number of carbonyl (C=O) groups is 2. The molecule has 1 saturated heterocycles. The summed E-state index contributed by atoms with van der Waals surface area (Å²) in [6.45, 7) is 0.257. The largest absolute Gasteiger partial charge is 0.481 e. The molecule has 1 atom stereocenters. The second kappa shape index (κ2) is 5.74. The van der Waals surface area contributed by atoms with Gasteiger partial charge in [0.05, 0.1) is 25.6 Å². The Morgan fingerprint density at radius 3 is 2.80 bits per heavy atom.